The van der Waals surface area contributed by atoms with Crippen LogP contribution in [0.15, 0.2) is 12.1 Å². The summed E-state index contributed by atoms with van der Waals surface area (Å²) in [7, 11) is 0. The van der Waals surface area contributed by atoms with Crippen molar-refractivity contribution >= 4 is 17.8 Å². The van der Waals surface area contributed by atoms with Crippen molar-refractivity contribution in [1.82, 2.24) is 4.90 Å². The Morgan fingerprint density at radius 2 is 2.12 bits per heavy atom. The number of fused-ring (bicyclic) bond motifs is 3. The molecule has 2 bridgehead atoms. The van der Waals surface area contributed by atoms with Gasteiger partial charge in [0.15, 0.2) is 0 Å². The zero-order chi connectivity index (χ0) is 17.4. The van der Waals surface area contributed by atoms with Crippen molar-refractivity contribution in [2.24, 2.45) is 5.92 Å². The molecule has 5 heteroatoms. The third kappa shape index (κ3) is 3.10. The van der Waals surface area contributed by atoms with Gasteiger partial charge in [0.25, 0.3) is 0 Å². The van der Waals surface area contributed by atoms with Crippen LogP contribution in [-0.4, -0.2) is 43.1 Å². The minimum absolute atomic E-state index is 0.159. The smallest absolute Gasteiger partial charge is 0.214 e. The predicted octanol–water partition coefficient (Wildman–Crippen LogP) is 2.82. The van der Waals surface area contributed by atoms with Crippen LogP contribution in [0.3, 0.4) is 0 Å². The summed E-state index contributed by atoms with van der Waals surface area (Å²) in [5, 5.41) is 0. The van der Waals surface area contributed by atoms with Crippen LogP contribution in [0.4, 0.5) is 11.4 Å². The van der Waals surface area contributed by atoms with Gasteiger partial charge in [-0.3, -0.25) is 4.79 Å². The minimum atomic E-state index is 0.159. The first-order chi connectivity index (χ1) is 12.2. The maximum absolute atomic E-state index is 12.1. The molecule has 1 aromatic rings. The SMILES string of the molecule is CC1CCCc2c(N)ccc(N(C=O)C3CCN4CCCC3C4)c2O1. The second kappa shape index (κ2) is 6.87. The Labute approximate surface area is 150 Å². The summed E-state index contributed by atoms with van der Waals surface area (Å²) in [5.41, 5.74) is 9.01. The Hall–Kier alpha value is -1.75. The lowest BCUT2D eigenvalue weighted by Gasteiger charge is -2.46. The number of hydrogen-bond acceptors (Lipinski definition) is 4. The predicted molar refractivity (Wildman–Crippen MR) is 100.0 cm³/mol. The molecule has 0 radical (unpaired) electrons. The molecular formula is C20H29N3O2. The Balaban J connectivity index is 1.71. The van der Waals surface area contributed by atoms with E-state index in [-0.39, 0.29) is 12.1 Å². The van der Waals surface area contributed by atoms with Gasteiger partial charge in [-0.25, -0.2) is 0 Å². The summed E-state index contributed by atoms with van der Waals surface area (Å²) in [6.07, 6.45) is 7.68. The van der Waals surface area contributed by atoms with E-state index < -0.39 is 0 Å². The fourth-order valence-corrected chi connectivity index (χ4v) is 4.89. The highest BCUT2D eigenvalue weighted by molar-refractivity contribution is 5.83. The van der Waals surface area contributed by atoms with Gasteiger partial charge in [0.05, 0.1) is 11.8 Å². The summed E-state index contributed by atoms with van der Waals surface area (Å²) >= 11 is 0. The van der Waals surface area contributed by atoms with E-state index in [0.29, 0.717) is 5.92 Å². The molecule has 0 spiro atoms. The zero-order valence-electron chi connectivity index (χ0n) is 15.1. The molecule has 4 rings (SSSR count). The molecule has 2 fully saturated rings. The first-order valence-corrected chi connectivity index (χ1v) is 9.71. The van der Waals surface area contributed by atoms with E-state index in [1.54, 1.807) is 0 Å². The van der Waals surface area contributed by atoms with E-state index in [9.17, 15) is 4.79 Å². The summed E-state index contributed by atoms with van der Waals surface area (Å²) in [6, 6.07) is 4.19. The molecule has 25 heavy (non-hydrogen) atoms. The molecule has 1 amide bonds. The number of benzene rings is 1. The number of carbonyl (C=O) groups excluding carboxylic acids is 1. The maximum atomic E-state index is 12.1. The fraction of sp³-hybridized carbons (Fsp3) is 0.650. The number of ether oxygens (including phenoxy) is 1. The molecule has 0 aromatic heterocycles. The largest absolute Gasteiger partial charge is 0.488 e. The van der Waals surface area contributed by atoms with E-state index in [4.69, 9.17) is 10.5 Å². The highest BCUT2D eigenvalue weighted by Crippen LogP contribution is 2.42. The van der Waals surface area contributed by atoms with Crippen LogP contribution in [0, 0.1) is 5.92 Å². The lowest BCUT2D eigenvalue weighted by atomic mass is 9.84. The van der Waals surface area contributed by atoms with E-state index in [1.807, 2.05) is 17.0 Å². The molecule has 4 atom stereocenters. The van der Waals surface area contributed by atoms with Crippen LogP contribution in [-0.2, 0) is 11.2 Å². The summed E-state index contributed by atoms with van der Waals surface area (Å²) in [4.78, 5) is 16.6. The number of rotatable bonds is 3. The summed E-state index contributed by atoms with van der Waals surface area (Å²) in [5.74, 6) is 1.40. The molecule has 0 saturated carbocycles. The minimum Gasteiger partial charge on any atom is -0.488 e. The molecule has 2 saturated heterocycles. The summed E-state index contributed by atoms with van der Waals surface area (Å²) < 4.78 is 6.26. The van der Waals surface area contributed by atoms with Gasteiger partial charge in [0.1, 0.15) is 5.75 Å². The number of carbonyl (C=O) groups is 1. The van der Waals surface area contributed by atoms with Crippen molar-refractivity contribution in [2.45, 2.75) is 57.6 Å². The van der Waals surface area contributed by atoms with Gasteiger partial charge in [-0.2, -0.15) is 0 Å². The van der Waals surface area contributed by atoms with Crippen molar-refractivity contribution in [2.75, 3.05) is 30.3 Å². The molecular weight excluding hydrogens is 314 g/mol. The van der Waals surface area contributed by atoms with Crippen molar-refractivity contribution < 1.29 is 9.53 Å². The summed E-state index contributed by atoms with van der Waals surface area (Å²) in [6.45, 7) is 5.51. The van der Waals surface area contributed by atoms with Gasteiger partial charge in [-0.05, 0) is 70.0 Å². The average molecular weight is 343 g/mol. The zero-order valence-corrected chi connectivity index (χ0v) is 15.1. The molecule has 3 heterocycles. The van der Waals surface area contributed by atoms with Gasteiger partial charge >= 0.3 is 0 Å². The van der Waals surface area contributed by atoms with E-state index in [1.165, 1.54) is 19.4 Å². The highest BCUT2D eigenvalue weighted by atomic mass is 16.5. The van der Waals surface area contributed by atoms with Crippen molar-refractivity contribution in [1.29, 1.82) is 0 Å². The standard InChI is InChI=1S/C20H29N3O2/c1-14-4-2-6-16-17(21)7-8-19(20(16)25-14)23(13-24)18-9-11-22-10-3-5-15(18)12-22/h7-8,13-15,18H,2-6,9-12,21H2,1H3. The monoisotopic (exact) mass is 343 g/mol. The number of nitrogens with zero attached hydrogens (tertiary/aromatic N) is 2. The molecule has 0 aliphatic carbocycles. The quantitative estimate of drug-likeness (QED) is 0.677. The molecule has 5 nitrogen and oxygen atoms in total. The number of anilines is 2. The van der Waals surface area contributed by atoms with Gasteiger partial charge in [-0.1, -0.05) is 0 Å². The van der Waals surface area contributed by atoms with Crippen molar-refractivity contribution in [3.8, 4) is 5.75 Å². The third-order valence-corrected chi connectivity index (χ3v) is 6.21. The number of amides is 1. The van der Waals surface area contributed by atoms with Gasteiger partial charge < -0.3 is 20.3 Å². The molecule has 3 aliphatic rings. The number of piperidine rings is 2. The van der Waals surface area contributed by atoms with E-state index in [0.717, 1.165) is 67.9 Å². The first-order valence-electron chi connectivity index (χ1n) is 9.71. The Kier molecular flexibility index (Phi) is 4.59. The maximum Gasteiger partial charge on any atom is 0.214 e. The Bertz CT molecular complexity index is 648. The second-order valence-corrected chi connectivity index (χ2v) is 7.87. The third-order valence-electron chi connectivity index (χ3n) is 6.21. The van der Waals surface area contributed by atoms with Gasteiger partial charge in [0, 0.05) is 30.4 Å². The second-order valence-electron chi connectivity index (χ2n) is 7.87. The molecule has 3 aliphatic heterocycles. The van der Waals surface area contributed by atoms with Crippen molar-refractivity contribution in [3.63, 3.8) is 0 Å². The van der Waals surface area contributed by atoms with E-state index in [2.05, 4.69) is 11.8 Å². The van der Waals surface area contributed by atoms with Crippen LogP contribution < -0.4 is 15.4 Å². The van der Waals surface area contributed by atoms with Crippen LogP contribution in [0.2, 0.25) is 0 Å². The fourth-order valence-electron chi connectivity index (χ4n) is 4.89. The lowest BCUT2D eigenvalue weighted by Crippen LogP contribution is -2.53. The van der Waals surface area contributed by atoms with E-state index >= 15 is 0 Å². The molecule has 136 valence electrons. The highest BCUT2D eigenvalue weighted by Gasteiger charge is 2.37. The van der Waals surface area contributed by atoms with Crippen LogP contribution in [0.25, 0.3) is 0 Å². The normalized spacial score (nSPS) is 31.4. The molecule has 1 aromatic carbocycles. The molecule has 4 unspecified atom stereocenters. The molecule has 2 N–H and O–H groups in total. The van der Waals surface area contributed by atoms with Gasteiger partial charge in [-0.15, -0.1) is 0 Å². The number of hydrogen-bond donors (Lipinski definition) is 1. The Morgan fingerprint density at radius 1 is 1.24 bits per heavy atom. The number of nitrogens with two attached hydrogens (primary N) is 1. The lowest BCUT2D eigenvalue weighted by molar-refractivity contribution is -0.108. The van der Waals surface area contributed by atoms with Crippen LogP contribution >= 0.6 is 0 Å². The number of nitrogen functional groups attached to an aromatic ring is 1. The van der Waals surface area contributed by atoms with Crippen LogP contribution in [0.5, 0.6) is 5.75 Å². The van der Waals surface area contributed by atoms with Crippen LogP contribution in [0.1, 0.15) is 44.6 Å². The van der Waals surface area contributed by atoms with Crippen molar-refractivity contribution in [3.05, 3.63) is 17.7 Å². The van der Waals surface area contributed by atoms with Gasteiger partial charge in [0.2, 0.25) is 6.41 Å². The topological polar surface area (TPSA) is 58.8 Å². The average Bonchev–Trinajstić information content (AvgIpc) is 2.81. The first kappa shape index (κ1) is 16.7. The Morgan fingerprint density at radius 3 is 2.96 bits per heavy atom.